The molecule has 0 unspecified atom stereocenters. The molecule has 0 atom stereocenters. The average molecular weight is 237 g/mol. The number of nitrogens with zero attached hydrogens (tertiary/aromatic N) is 2. The highest BCUT2D eigenvalue weighted by Gasteiger charge is 2.07. The van der Waals surface area contributed by atoms with Gasteiger partial charge in [0.1, 0.15) is 0 Å². The van der Waals surface area contributed by atoms with Gasteiger partial charge in [0.05, 0.1) is 12.2 Å². The first-order chi connectivity index (χ1) is 8.31. The van der Waals surface area contributed by atoms with Gasteiger partial charge in [-0.25, -0.2) is 0 Å². The molecule has 1 aromatic heterocycles. The summed E-state index contributed by atoms with van der Waals surface area (Å²) in [4.78, 5) is 0. The first-order valence-corrected chi connectivity index (χ1v) is 7.05. The van der Waals surface area contributed by atoms with E-state index in [1.165, 1.54) is 18.4 Å². The van der Waals surface area contributed by atoms with Gasteiger partial charge in [-0.2, -0.15) is 5.10 Å². The molecule has 1 heterocycles. The summed E-state index contributed by atoms with van der Waals surface area (Å²) < 4.78 is 2.13. The fourth-order valence-electron chi connectivity index (χ4n) is 2.09. The fourth-order valence-corrected chi connectivity index (χ4v) is 2.09. The van der Waals surface area contributed by atoms with E-state index in [2.05, 4.69) is 42.1 Å². The summed E-state index contributed by atoms with van der Waals surface area (Å²) in [5.74, 6) is 0. The van der Waals surface area contributed by atoms with E-state index >= 15 is 0 Å². The van der Waals surface area contributed by atoms with Crippen LogP contribution in [0.25, 0.3) is 0 Å². The minimum atomic E-state index is 0.571. The van der Waals surface area contributed by atoms with Gasteiger partial charge >= 0.3 is 0 Å². The molecule has 17 heavy (non-hydrogen) atoms. The highest BCUT2D eigenvalue weighted by atomic mass is 15.3. The van der Waals surface area contributed by atoms with Crippen molar-refractivity contribution in [1.29, 1.82) is 0 Å². The molecule has 1 aromatic rings. The van der Waals surface area contributed by atoms with Crippen molar-refractivity contribution in [2.45, 2.75) is 58.9 Å². The van der Waals surface area contributed by atoms with E-state index in [0.29, 0.717) is 6.04 Å². The van der Waals surface area contributed by atoms with Gasteiger partial charge in [-0.3, -0.25) is 4.68 Å². The molecule has 0 saturated carbocycles. The van der Waals surface area contributed by atoms with Crippen LogP contribution in [0.3, 0.4) is 0 Å². The van der Waals surface area contributed by atoms with Gasteiger partial charge in [0.2, 0.25) is 0 Å². The van der Waals surface area contributed by atoms with Crippen molar-refractivity contribution in [3.63, 3.8) is 0 Å². The lowest BCUT2D eigenvalue weighted by Gasteiger charge is -2.12. The normalized spacial score (nSPS) is 11.3. The second-order valence-corrected chi connectivity index (χ2v) is 4.65. The lowest BCUT2D eigenvalue weighted by atomic mass is 10.1. The third-order valence-electron chi connectivity index (χ3n) is 3.22. The Morgan fingerprint density at radius 2 is 2.00 bits per heavy atom. The molecule has 0 bridgehead atoms. The van der Waals surface area contributed by atoms with E-state index in [4.69, 9.17) is 0 Å². The second-order valence-electron chi connectivity index (χ2n) is 4.65. The number of rotatable bonds is 9. The van der Waals surface area contributed by atoms with Crippen LogP contribution in [-0.4, -0.2) is 22.9 Å². The van der Waals surface area contributed by atoms with Crippen LogP contribution in [0, 0.1) is 0 Å². The zero-order chi connectivity index (χ0) is 12.5. The quantitative estimate of drug-likeness (QED) is 0.669. The van der Waals surface area contributed by atoms with Gasteiger partial charge in [-0.15, -0.1) is 0 Å². The molecule has 0 aliphatic heterocycles. The van der Waals surface area contributed by atoms with Crippen molar-refractivity contribution in [3.05, 3.63) is 18.0 Å². The predicted octanol–water partition coefficient (Wildman–Crippen LogP) is 3.18. The molecule has 0 radical (unpaired) electrons. The Morgan fingerprint density at radius 1 is 1.24 bits per heavy atom. The number of hydrogen-bond acceptors (Lipinski definition) is 2. The second kappa shape index (κ2) is 8.29. The highest BCUT2D eigenvalue weighted by Crippen LogP contribution is 2.15. The summed E-state index contributed by atoms with van der Waals surface area (Å²) in [6.45, 7) is 8.90. The van der Waals surface area contributed by atoms with Crippen LogP contribution < -0.4 is 5.32 Å². The van der Waals surface area contributed by atoms with E-state index in [1.807, 2.05) is 6.20 Å². The number of aromatic nitrogens is 2. The van der Waals surface area contributed by atoms with E-state index in [1.54, 1.807) is 0 Å². The topological polar surface area (TPSA) is 29.9 Å². The van der Waals surface area contributed by atoms with Gasteiger partial charge < -0.3 is 5.32 Å². The Hall–Kier alpha value is -0.830. The van der Waals surface area contributed by atoms with E-state index in [0.717, 1.165) is 32.4 Å². The first-order valence-electron chi connectivity index (χ1n) is 7.05. The SMILES string of the molecule is CCCNCCCc1cnn(C(CC)CC)c1. The highest BCUT2D eigenvalue weighted by molar-refractivity contribution is 5.04. The van der Waals surface area contributed by atoms with Crippen LogP contribution in [0.4, 0.5) is 0 Å². The Morgan fingerprint density at radius 3 is 2.65 bits per heavy atom. The van der Waals surface area contributed by atoms with Crippen molar-refractivity contribution in [2.24, 2.45) is 0 Å². The molecular weight excluding hydrogens is 210 g/mol. The third kappa shape index (κ3) is 4.90. The monoisotopic (exact) mass is 237 g/mol. The lowest BCUT2D eigenvalue weighted by molar-refractivity contribution is 0.428. The molecule has 0 aromatic carbocycles. The molecule has 98 valence electrons. The molecule has 0 aliphatic rings. The summed E-state index contributed by atoms with van der Waals surface area (Å²) in [5, 5.41) is 7.90. The van der Waals surface area contributed by atoms with Gasteiger partial charge in [-0.1, -0.05) is 20.8 Å². The largest absolute Gasteiger partial charge is 0.317 e. The molecule has 0 aliphatic carbocycles. The third-order valence-corrected chi connectivity index (χ3v) is 3.22. The minimum absolute atomic E-state index is 0.571. The maximum Gasteiger partial charge on any atom is 0.0521 e. The van der Waals surface area contributed by atoms with Crippen molar-refractivity contribution in [2.75, 3.05) is 13.1 Å². The molecule has 1 N–H and O–H groups in total. The lowest BCUT2D eigenvalue weighted by Crippen LogP contribution is -2.16. The number of hydrogen-bond donors (Lipinski definition) is 1. The zero-order valence-electron chi connectivity index (χ0n) is 11.6. The van der Waals surface area contributed by atoms with Gasteiger partial charge in [0.15, 0.2) is 0 Å². The van der Waals surface area contributed by atoms with Gasteiger partial charge in [0, 0.05) is 6.20 Å². The standard InChI is InChI=1S/C14H27N3/c1-4-9-15-10-7-8-13-11-16-17(12-13)14(5-2)6-3/h11-12,14-15H,4-10H2,1-3H3. The number of nitrogens with one attached hydrogen (secondary N) is 1. The fraction of sp³-hybridized carbons (Fsp3) is 0.786. The Labute approximate surface area is 106 Å². The molecular formula is C14H27N3. The molecule has 0 saturated heterocycles. The van der Waals surface area contributed by atoms with Crippen molar-refractivity contribution in [3.8, 4) is 0 Å². The number of aryl methyl sites for hydroxylation is 1. The molecule has 3 heteroatoms. The van der Waals surface area contributed by atoms with Gasteiger partial charge in [-0.05, 0) is 50.8 Å². The maximum atomic E-state index is 4.47. The van der Waals surface area contributed by atoms with Crippen molar-refractivity contribution in [1.82, 2.24) is 15.1 Å². The Balaban J connectivity index is 2.30. The van der Waals surface area contributed by atoms with E-state index < -0.39 is 0 Å². The van der Waals surface area contributed by atoms with Crippen LogP contribution >= 0.6 is 0 Å². The molecule has 3 nitrogen and oxygen atoms in total. The Bertz CT molecular complexity index is 289. The molecule has 0 spiro atoms. The van der Waals surface area contributed by atoms with Crippen LogP contribution in [0.1, 0.15) is 58.1 Å². The van der Waals surface area contributed by atoms with E-state index in [-0.39, 0.29) is 0 Å². The average Bonchev–Trinajstić information content (AvgIpc) is 2.79. The van der Waals surface area contributed by atoms with Crippen LogP contribution in [0.2, 0.25) is 0 Å². The maximum absolute atomic E-state index is 4.47. The zero-order valence-corrected chi connectivity index (χ0v) is 11.6. The summed E-state index contributed by atoms with van der Waals surface area (Å²) >= 11 is 0. The molecule has 0 amide bonds. The predicted molar refractivity (Wildman–Crippen MR) is 73.3 cm³/mol. The van der Waals surface area contributed by atoms with Crippen LogP contribution in [-0.2, 0) is 6.42 Å². The Kier molecular flexibility index (Phi) is 6.94. The van der Waals surface area contributed by atoms with E-state index in [9.17, 15) is 0 Å². The summed E-state index contributed by atoms with van der Waals surface area (Å²) in [5.41, 5.74) is 1.37. The van der Waals surface area contributed by atoms with Gasteiger partial charge in [0.25, 0.3) is 0 Å². The molecule has 1 rings (SSSR count). The molecule has 0 fully saturated rings. The van der Waals surface area contributed by atoms with Crippen molar-refractivity contribution >= 4 is 0 Å². The summed E-state index contributed by atoms with van der Waals surface area (Å²) in [6.07, 6.45) is 10.1. The van der Waals surface area contributed by atoms with Crippen LogP contribution in [0.5, 0.6) is 0 Å². The van der Waals surface area contributed by atoms with Crippen molar-refractivity contribution < 1.29 is 0 Å². The van der Waals surface area contributed by atoms with Crippen LogP contribution in [0.15, 0.2) is 12.4 Å². The summed E-state index contributed by atoms with van der Waals surface area (Å²) in [7, 11) is 0. The minimum Gasteiger partial charge on any atom is -0.317 e. The smallest absolute Gasteiger partial charge is 0.0521 e. The summed E-state index contributed by atoms with van der Waals surface area (Å²) in [6, 6.07) is 0.571. The first kappa shape index (κ1) is 14.2.